The van der Waals surface area contributed by atoms with E-state index in [9.17, 15) is 14.4 Å². The van der Waals surface area contributed by atoms with E-state index in [1.807, 2.05) is 0 Å². The maximum absolute atomic E-state index is 12.5. The number of methoxy groups -OCH3 is 1. The van der Waals surface area contributed by atoms with Crippen molar-refractivity contribution in [1.82, 2.24) is 0 Å². The van der Waals surface area contributed by atoms with Crippen LogP contribution in [0.3, 0.4) is 0 Å². The lowest BCUT2D eigenvalue weighted by Gasteiger charge is -2.11. The van der Waals surface area contributed by atoms with Crippen LogP contribution in [0.4, 0.5) is 5.69 Å². The van der Waals surface area contributed by atoms with Crippen LogP contribution in [-0.2, 0) is 4.74 Å². The zero-order valence-corrected chi connectivity index (χ0v) is 17.6. The van der Waals surface area contributed by atoms with Crippen molar-refractivity contribution in [3.05, 3.63) is 94.0 Å². The van der Waals surface area contributed by atoms with E-state index >= 15 is 0 Å². The molecule has 152 valence electrons. The van der Waals surface area contributed by atoms with Crippen molar-refractivity contribution in [1.29, 1.82) is 0 Å². The summed E-state index contributed by atoms with van der Waals surface area (Å²) < 4.78 is 10.9. The highest BCUT2D eigenvalue weighted by Crippen LogP contribution is 2.26. The summed E-state index contributed by atoms with van der Waals surface area (Å²) in [5.41, 5.74) is 1.29. The molecule has 0 atom stereocenters. The Labute approximate surface area is 181 Å². The maximum atomic E-state index is 12.5. The number of rotatable bonds is 7. The summed E-state index contributed by atoms with van der Waals surface area (Å²) in [7, 11) is 1.53. The van der Waals surface area contributed by atoms with Gasteiger partial charge in [0.15, 0.2) is 12.4 Å². The number of nitrogens with one attached hydrogen (secondary N) is 1. The lowest BCUT2D eigenvalue weighted by atomic mass is 10.1. The fourth-order valence-corrected chi connectivity index (χ4v) is 3.23. The normalized spacial score (nSPS) is 10.2. The van der Waals surface area contributed by atoms with Crippen molar-refractivity contribution in [3.63, 3.8) is 0 Å². The molecule has 0 radical (unpaired) electrons. The van der Waals surface area contributed by atoms with Crippen molar-refractivity contribution < 1.29 is 23.9 Å². The molecule has 0 saturated carbocycles. The van der Waals surface area contributed by atoms with Crippen LogP contribution in [0.25, 0.3) is 0 Å². The molecule has 1 N–H and O–H groups in total. The Morgan fingerprint density at radius 2 is 1.60 bits per heavy atom. The molecule has 0 aliphatic carbocycles. The van der Waals surface area contributed by atoms with Crippen LogP contribution in [0.1, 0.15) is 31.1 Å². The van der Waals surface area contributed by atoms with Gasteiger partial charge >= 0.3 is 5.97 Å². The summed E-state index contributed by atoms with van der Waals surface area (Å²) in [6, 6.07) is 19.9. The number of halogens is 1. The summed E-state index contributed by atoms with van der Waals surface area (Å²) in [4.78, 5) is 37.3. The number of amides is 1. The van der Waals surface area contributed by atoms with E-state index in [4.69, 9.17) is 9.47 Å². The Morgan fingerprint density at radius 3 is 2.30 bits per heavy atom. The number of hydrogen-bond acceptors (Lipinski definition) is 5. The predicted octanol–water partition coefficient (Wildman–Crippen LogP) is 4.75. The summed E-state index contributed by atoms with van der Waals surface area (Å²) in [5.74, 6) is -0.834. The number of benzene rings is 3. The Hall–Kier alpha value is -3.45. The fourth-order valence-electron chi connectivity index (χ4n) is 2.69. The average Bonchev–Trinajstić information content (AvgIpc) is 2.78. The highest BCUT2D eigenvalue weighted by Gasteiger charge is 2.17. The van der Waals surface area contributed by atoms with Gasteiger partial charge < -0.3 is 14.8 Å². The third-order valence-electron chi connectivity index (χ3n) is 4.24. The molecule has 30 heavy (non-hydrogen) atoms. The van der Waals surface area contributed by atoms with Crippen LogP contribution in [0.2, 0.25) is 0 Å². The van der Waals surface area contributed by atoms with Gasteiger partial charge in [-0.25, -0.2) is 4.79 Å². The lowest BCUT2D eigenvalue weighted by molar-refractivity contribution is 0.0475. The largest absolute Gasteiger partial charge is 0.496 e. The zero-order chi connectivity index (χ0) is 21.5. The van der Waals surface area contributed by atoms with Gasteiger partial charge in [0.2, 0.25) is 0 Å². The number of Topliss-reactive ketones (excluding diaryl/α,β-unsaturated/α-hetero) is 1. The van der Waals surface area contributed by atoms with Crippen LogP contribution < -0.4 is 10.1 Å². The molecule has 0 heterocycles. The van der Waals surface area contributed by atoms with Crippen molar-refractivity contribution in [2.24, 2.45) is 0 Å². The first-order chi connectivity index (χ1) is 14.5. The highest BCUT2D eigenvalue weighted by molar-refractivity contribution is 9.10. The first-order valence-electron chi connectivity index (χ1n) is 8.99. The van der Waals surface area contributed by atoms with E-state index in [0.717, 1.165) is 0 Å². The van der Waals surface area contributed by atoms with Crippen LogP contribution in [-0.4, -0.2) is 31.4 Å². The third kappa shape index (κ3) is 5.12. The number of ketones is 1. The number of carbonyl (C=O) groups is 3. The van der Waals surface area contributed by atoms with Gasteiger partial charge in [-0.2, -0.15) is 0 Å². The molecule has 0 fully saturated rings. The van der Waals surface area contributed by atoms with Gasteiger partial charge in [-0.1, -0.05) is 30.3 Å². The Morgan fingerprint density at radius 1 is 0.900 bits per heavy atom. The smallest absolute Gasteiger partial charge is 0.340 e. The molecule has 0 saturated heterocycles. The van der Waals surface area contributed by atoms with Crippen molar-refractivity contribution >= 4 is 39.3 Å². The lowest BCUT2D eigenvalue weighted by Crippen LogP contribution is -2.18. The number of esters is 1. The first kappa shape index (κ1) is 21.3. The zero-order valence-electron chi connectivity index (χ0n) is 16.1. The van der Waals surface area contributed by atoms with Gasteiger partial charge in [-0.3, -0.25) is 9.59 Å². The van der Waals surface area contributed by atoms with Crippen molar-refractivity contribution in [3.8, 4) is 5.75 Å². The van der Waals surface area contributed by atoms with E-state index in [1.165, 1.54) is 13.2 Å². The van der Waals surface area contributed by atoms with E-state index in [0.29, 0.717) is 27.0 Å². The first-order valence-corrected chi connectivity index (χ1v) is 9.78. The Bertz CT molecular complexity index is 1080. The minimum Gasteiger partial charge on any atom is -0.496 e. The predicted molar refractivity (Wildman–Crippen MR) is 116 cm³/mol. The summed E-state index contributed by atoms with van der Waals surface area (Å²) in [5, 5.41) is 2.70. The van der Waals surface area contributed by atoms with Gasteiger partial charge in [0, 0.05) is 11.1 Å². The second-order valence-corrected chi connectivity index (χ2v) is 7.07. The average molecular weight is 468 g/mol. The van der Waals surface area contributed by atoms with E-state index < -0.39 is 12.6 Å². The Balaban J connectivity index is 1.68. The van der Waals surface area contributed by atoms with Gasteiger partial charge in [-0.15, -0.1) is 0 Å². The number of anilines is 1. The second-order valence-electron chi connectivity index (χ2n) is 6.21. The van der Waals surface area contributed by atoms with E-state index in [1.54, 1.807) is 66.7 Å². The standard InChI is InChI=1S/C23H18BrNO5/c1-29-21-12-11-16(13-18(21)24)20(26)14-30-23(28)17-9-5-6-10-19(17)25-22(27)15-7-3-2-4-8-15/h2-13H,14H2,1H3,(H,25,27). The summed E-state index contributed by atoms with van der Waals surface area (Å²) in [6.07, 6.45) is 0. The molecule has 0 unspecified atom stereocenters. The minimum absolute atomic E-state index is 0.158. The van der Waals surface area contributed by atoms with Gasteiger partial charge in [0.05, 0.1) is 22.8 Å². The van der Waals surface area contributed by atoms with Crippen LogP contribution >= 0.6 is 15.9 Å². The molecule has 1 amide bonds. The Kier molecular flexibility index (Phi) is 6.98. The van der Waals surface area contributed by atoms with E-state index in [-0.39, 0.29) is 17.3 Å². The molecule has 0 bridgehead atoms. The molecule has 7 heteroatoms. The minimum atomic E-state index is -0.708. The van der Waals surface area contributed by atoms with E-state index in [2.05, 4.69) is 21.2 Å². The maximum Gasteiger partial charge on any atom is 0.340 e. The second kappa shape index (κ2) is 9.84. The third-order valence-corrected chi connectivity index (χ3v) is 4.86. The van der Waals surface area contributed by atoms with Gasteiger partial charge in [0.25, 0.3) is 5.91 Å². The molecule has 3 aromatic rings. The van der Waals surface area contributed by atoms with Crippen LogP contribution in [0, 0.1) is 0 Å². The number of hydrogen-bond donors (Lipinski definition) is 1. The molecule has 0 aliphatic heterocycles. The summed E-state index contributed by atoms with van der Waals surface area (Å²) >= 11 is 3.32. The molecule has 0 aliphatic rings. The topological polar surface area (TPSA) is 81.7 Å². The molecule has 3 rings (SSSR count). The van der Waals surface area contributed by atoms with Gasteiger partial charge in [-0.05, 0) is 58.4 Å². The summed E-state index contributed by atoms with van der Waals surface area (Å²) in [6.45, 7) is -0.432. The van der Waals surface area contributed by atoms with Crippen molar-refractivity contribution in [2.75, 3.05) is 19.0 Å². The van der Waals surface area contributed by atoms with Crippen LogP contribution in [0.15, 0.2) is 77.3 Å². The molecular weight excluding hydrogens is 450 g/mol. The van der Waals surface area contributed by atoms with Crippen LogP contribution in [0.5, 0.6) is 5.75 Å². The molecule has 0 spiro atoms. The number of carbonyl (C=O) groups excluding carboxylic acids is 3. The fraction of sp³-hybridized carbons (Fsp3) is 0.0870. The molecular formula is C23H18BrNO5. The molecule has 6 nitrogen and oxygen atoms in total. The monoisotopic (exact) mass is 467 g/mol. The highest BCUT2D eigenvalue weighted by atomic mass is 79.9. The number of ether oxygens (including phenoxy) is 2. The molecule has 0 aromatic heterocycles. The van der Waals surface area contributed by atoms with Gasteiger partial charge in [0.1, 0.15) is 5.75 Å². The number of para-hydroxylation sites is 1. The SMILES string of the molecule is COc1ccc(C(=O)COC(=O)c2ccccc2NC(=O)c2ccccc2)cc1Br. The molecule has 3 aromatic carbocycles. The quantitative estimate of drug-likeness (QED) is 0.400. The van der Waals surface area contributed by atoms with Crippen molar-refractivity contribution in [2.45, 2.75) is 0 Å².